The van der Waals surface area contributed by atoms with Gasteiger partial charge in [-0.3, -0.25) is 9.48 Å². The Labute approximate surface area is 146 Å². The molecule has 0 unspecified atom stereocenters. The third-order valence-corrected chi connectivity index (χ3v) is 4.37. The number of rotatable bonds is 4. The van der Waals surface area contributed by atoms with Crippen LogP contribution in [0.2, 0.25) is 0 Å². The van der Waals surface area contributed by atoms with Gasteiger partial charge < -0.3 is 14.2 Å². The summed E-state index contributed by atoms with van der Waals surface area (Å²) in [7, 11) is 1.92. The molecule has 3 heterocycles. The molecule has 128 valence electrons. The lowest BCUT2D eigenvalue weighted by atomic mass is 10.2. The van der Waals surface area contributed by atoms with Crippen molar-refractivity contribution in [3.8, 4) is 5.88 Å². The number of hydrogen-bond donors (Lipinski definition) is 0. The van der Waals surface area contributed by atoms with E-state index in [1.54, 1.807) is 0 Å². The summed E-state index contributed by atoms with van der Waals surface area (Å²) in [6.45, 7) is 2.38. The van der Waals surface area contributed by atoms with E-state index in [1.165, 1.54) is 0 Å². The summed E-state index contributed by atoms with van der Waals surface area (Å²) in [5.41, 5.74) is 2.82. The van der Waals surface area contributed by atoms with Crippen LogP contribution in [-0.2, 0) is 26.7 Å². The maximum absolute atomic E-state index is 12.6. The van der Waals surface area contributed by atoms with Crippen molar-refractivity contribution in [3.05, 3.63) is 71.7 Å². The fourth-order valence-electron chi connectivity index (χ4n) is 3.03. The van der Waals surface area contributed by atoms with Gasteiger partial charge in [0.25, 0.3) is 5.91 Å². The van der Waals surface area contributed by atoms with Crippen molar-refractivity contribution in [1.29, 1.82) is 0 Å². The summed E-state index contributed by atoms with van der Waals surface area (Å²) in [4.78, 5) is 14.4. The number of amides is 1. The van der Waals surface area contributed by atoms with Crippen molar-refractivity contribution in [2.75, 3.05) is 6.54 Å². The number of aryl methyl sites for hydroxylation is 1. The molecular formula is C19H20N4O2. The SMILES string of the molecule is Cn1ccc(C(=O)N2CCn3nc(OCc4ccccc4)cc3C2)c1. The smallest absolute Gasteiger partial charge is 0.255 e. The number of aromatic nitrogens is 3. The predicted molar refractivity (Wildman–Crippen MR) is 93.2 cm³/mol. The van der Waals surface area contributed by atoms with Gasteiger partial charge in [0.2, 0.25) is 5.88 Å². The first-order chi connectivity index (χ1) is 12.2. The van der Waals surface area contributed by atoms with Crippen molar-refractivity contribution in [2.45, 2.75) is 19.7 Å². The lowest BCUT2D eigenvalue weighted by molar-refractivity contribution is 0.0706. The lowest BCUT2D eigenvalue weighted by Crippen LogP contribution is -2.38. The lowest BCUT2D eigenvalue weighted by Gasteiger charge is -2.27. The van der Waals surface area contributed by atoms with Crippen LogP contribution >= 0.6 is 0 Å². The van der Waals surface area contributed by atoms with Crippen molar-refractivity contribution in [1.82, 2.24) is 19.2 Å². The Morgan fingerprint density at radius 1 is 1.20 bits per heavy atom. The maximum atomic E-state index is 12.6. The molecule has 6 heteroatoms. The molecule has 0 saturated heterocycles. The molecule has 0 bridgehead atoms. The summed E-state index contributed by atoms with van der Waals surface area (Å²) in [5, 5.41) is 4.49. The molecule has 1 aromatic carbocycles. The molecular weight excluding hydrogens is 316 g/mol. The highest BCUT2D eigenvalue weighted by Gasteiger charge is 2.24. The second-order valence-corrected chi connectivity index (χ2v) is 6.26. The number of hydrogen-bond acceptors (Lipinski definition) is 3. The molecule has 0 spiro atoms. The quantitative estimate of drug-likeness (QED) is 0.735. The zero-order valence-corrected chi connectivity index (χ0v) is 14.1. The Bertz CT molecular complexity index is 882. The normalized spacial score (nSPS) is 13.6. The molecule has 1 aliphatic rings. The van der Waals surface area contributed by atoms with E-state index in [9.17, 15) is 4.79 Å². The average molecular weight is 336 g/mol. The molecule has 3 aromatic rings. The van der Waals surface area contributed by atoms with E-state index in [0.717, 1.165) is 16.8 Å². The first-order valence-electron chi connectivity index (χ1n) is 8.34. The molecule has 1 aliphatic heterocycles. The van der Waals surface area contributed by atoms with Crippen molar-refractivity contribution in [2.24, 2.45) is 7.05 Å². The molecule has 0 fully saturated rings. The first kappa shape index (κ1) is 15.5. The maximum Gasteiger partial charge on any atom is 0.255 e. The summed E-state index contributed by atoms with van der Waals surface area (Å²) in [5.74, 6) is 0.660. The van der Waals surface area contributed by atoms with E-state index in [0.29, 0.717) is 32.1 Å². The van der Waals surface area contributed by atoms with E-state index in [2.05, 4.69) is 5.10 Å². The van der Waals surface area contributed by atoms with Gasteiger partial charge in [0.1, 0.15) is 6.61 Å². The number of carbonyl (C=O) groups excluding carboxylic acids is 1. The van der Waals surface area contributed by atoms with Crippen LogP contribution in [0.15, 0.2) is 54.9 Å². The minimum atomic E-state index is 0.0554. The molecule has 0 aliphatic carbocycles. The third-order valence-electron chi connectivity index (χ3n) is 4.37. The molecule has 0 saturated carbocycles. The minimum absolute atomic E-state index is 0.0554. The number of carbonyl (C=O) groups is 1. The van der Waals surface area contributed by atoms with Crippen LogP contribution in [0, 0.1) is 0 Å². The molecule has 1 amide bonds. The van der Waals surface area contributed by atoms with Crippen LogP contribution < -0.4 is 4.74 Å². The Hall–Kier alpha value is -3.02. The highest BCUT2D eigenvalue weighted by Crippen LogP contribution is 2.20. The van der Waals surface area contributed by atoms with Crippen LogP contribution in [0.25, 0.3) is 0 Å². The fourth-order valence-corrected chi connectivity index (χ4v) is 3.03. The van der Waals surface area contributed by atoms with Gasteiger partial charge >= 0.3 is 0 Å². The minimum Gasteiger partial charge on any atom is -0.472 e. The van der Waals surface area contributed by atoms with Gasteiger partial charge in [-0.25, -0.2) is 0 Å². The molecule has 2 aromatic heterocycles. The predicted octanol–water partition coefficient (Wildman–Crippen LogP) is 2.46. The highest BCUT2D eigenvalue weighted by molar-refractivity contribution is 5.94. The zero-order valence-electron chi connectivity index (χ0n) is 14.1. The van der Waals surface area contributed by atoms with Crippen molar-refractivity contribution < 1.29 is 9.53 Å². The van der Waals surface area contributed by atoms with Crippen LogP contribution in [0.5, 0.6) is 5.88 Å². The number of fused-ring (bicyclic) bond motifs is 1. The number of benzene rings is 1. The Morgan fingerprint density at radius 3 is 2.80 bits per heavy atom. The first-order valence-corrected chi connectivity index (χ1v) is 8.34. The molecule has 4 rings (SSSR count). The fraction of sp³-hybridized carbons (Fsp3) is 0.263. The van der Waals surface area contributed by atoms with Crippen molar-refractivity contribution >= 4 is 5.91 Å². The average Bonchev–Trinajstić information content (AvgIpc) is 3.25. The molecule has 0 radical (unpaired) electrons. The van der Waals surface area contributed by atoms with E-state index in [4.69, 9.17) is 4.74 Å². The van der Waals surface area contributed by atoms with Gasteiger partial charge in [-0.2, -0.15) is 0 Å². The van der Waals surface area contributed by atoms with E-state index in [1.807, 2.05) is 76.1 Å². The van der Waals surface area contributed by atoms with E-state index < -0.39 is 0 Å². The highest BCUT2D eigenvalue weighted by atomic mass is 16.5. The van der Waals surface area contributed by atoms with Gasteiger partial charge in [0.05, 0.1) is 24.3 Å². The zero-order chi connectivity index (χ0) is 17.2. The largest absolute Gasteiger partial charge is 0.472 e. The van der Waals surface area contributed by atoms with E-state index in [-0.39, 0.29) is 5.91 Å². The topological polar surface area (TPSA) is 52.3 Å². The second-order valence-electron chi connectivity index (χ2n) is 6.26. The van der Waals surface area contributed by atoms with Gasteiger partial charge in [0, 0.05) is 32.1 Å². The molecule has 25 heavy (non-hydrogen) atoms. The van der Waals surface area contributed by atoms with Crippen LogP contribution in [0.4, 0.5) is 0 Å². The molecule has 0 atom stereocenters. The van der Waals surface area contributed by atoms with Crippen molar-refractivity contribution in [3.63, 3.8) is 0 Å². The molecule has 6 nitrogen and oxygen atoms in total. The summed E-state index contributed by atoms with van der Waals surface area (Å²) in [6, 6.07) is 13.8. The van der Waals surface area contributed by atoms with E-state index >= 15 is 0 Å². The Kier molecular flexibility index (Phi) is 4.01. The number of nitrogens with zero attached hydrogens (tertiary/aromatic N) is 4. The summed E-state index contributed by atoms with van der Waals surface area (Å²) < 4.78 is 9.60. The Morgan fingerprint density at radius 2 is 2.04 bits per heavy atom. The Balaban J connectivity index is 1.43. The summed E-state index contributed by atoms with van der Waals surface area (Å²) in [6.07, 6.45) is 3.74. The third kappa shape index (κ3) is 3.28. The van der Waals surface area contributed by atoms with Gasteiger partial charge in [-0.1, -0.05) is 30.3 Å². The number of ether oxygens (including phenoxy) is 1. The van der Waals surface area contributed by atoms with Gasteiger partial charge in [0.15, 0.2) is 0 Å². The summed E-state index contributed by atoms with van der Waals surface area (Å²) >= 11 is 0. The second kappa shape index (κ2) is 6.47. The van der Waals surface area contributed by atoms with Gasteiger partial charge in [-0.15, -0.1) is 5.10 Å². The monoisotopic (exact) mass is 336 g/mol. The van der Waals surface area contributed by atoms with Crippen LogP contribution in [-0.4, -0.2) is 31.7 Å². The van der Waals surface area contributed by atoms with Gasteiger partial charge in [-0.05, 0) is 11.6 Å². The standard InChI is InChI=1S/C19H20N4O2/c1-21-8-7-16(12-21)19(24)22-9-10-23-17(13-22)11-18(20-23)25-14-15-5-3-2-4-6-15/h2-8,11-12H,9-10,13-14H2,1H3. The molecule has 0 N–H and O–H groups in total. The van der Waals surface area contributed by atoms with Crippen LogP contribution in [0.1, 0.15) is 21.6 Å². The van der Waals surface area contributed by atoms with Crippen LogP contribution in [0.3, 0.4) is 0 Å².